The summed E-state index contributed by atoms with van der Waals surface area (Å²) in [5, 5.41) is 11.9. The second-order valence-corrected chi connectivity index (χ2v) is 7.22. The van der Waals surface area contributed by atoms with E-state index in [9.17, 15) is 0 Å². The largest absolute Gasteiger partial charge is 0.378 e. The molecule has 2 aromatic heterocycles. The van der Waals surface area contributed by atoms with Gasteiger partial charge in [0.15, 0.2) is 0 Å². The molecule has 0 radical (unpaired) electrons. The first-order chi connectivity index (χ1) is 12.2. The van der Waals surface area contributed by atoms with Crippen LogP contribution in [0.3, 0.4) is 0 Å². The van der Waals surface area contributed by atoms with Gasteiger partial charge in [-0.1, -0.05) is 23.4 Å². The van der Waals surface area contributed by atoms with Crippen molar-refractivity contribution in [3.8, 4) is 5.69 Å². The highest BCUT2D eigenvalue weighted by atomic mass is 32.1. The SMILES string of the molecule is Cc1csc(C2COCCN2Cc2cn(-c3ccccc3C)nn2)n1. The van der Waals surface area contributed by atoms with Crippen molar-refractivity contribution in [2.45, 2.75) is 26.4 Å². The Labute approximate surface area is 151 Å². The number of nitrogens with zero attached hydrogens (tertiary/aromatic N) is 5. The maximum absolute atomic E-state index is 5.69. The normalized spacial score (nSPS) is 18.6. The monoisotopic (exact) mass is 355 g/mol. The number of aryl methyl sites for hydroxylation is 2. The molecule has 3 aromatic rings. The predicted molar refractivity (Wildman–Crippen MR) is 96.9 cm³/mol. The molecule has 1 aromatic carbocycles. The van der Waals surface area contributed by atoms with E-state index in [4.69, 9.17) is 4.74 Å². The minimum atomic E-state index is 0.191. The molecular weight excluding hydrogens is 334 g/mol. The van der Waals surface area contributed by atoms with Gasteiger partial charge in [-0.25, -0.2) is 9.67 Å². The summed E-state index contributed by atoms with van der Waals surface area (Å²) >= 11 is 1.70. The van der Waals surface area contributed by atoms with Crippen molar-refractivity contribution in [3.63, 3.8) is 0 Å². The maximum atomic E-state index is 5.69. The van der Waals surface area contributed by atoms with Crippen molar-refractivity contribution >= 4 is 11.3 Å². The van der Waals surface area contributed by atoms with E-state index in [1.165, 1.54) is 5.56 Å². The first-order valence-electron chi connectivity index (χ1n) is 8.42. The van der Waals surface area contributed by atoms with Crippen molar-refractivity contribution < 1.29 is 4.74 Å². The average Bonchev–Trinajstić information content (AvgIpc) is 3.25. The first kappa shape index (κ1) is 16.4. The predicted octanol–water partition coefficient (Wildman–Crippen LogP) is 2.91. The lowest BCUT2D eigenvalue weighted by atomic mass is 10.2. The summed E-state index contributed by atoms with van der Waals surface area (Å²) in [6.07, 6.45) is 2.02. The molecule has 7 heteroatoms. The quantitative estimate of drug-likeness (QED) is 0.720. The Morgan fingerprint density at radius 1 is 1.28 bits per heavy atom. The van der Waals surface area contributed by atoms with E-state index in [1.807, 2.05) is 29.9 Å². The Morgan fingerprint density at radius 3 is 2.96 bits per heavy atom. The summed E-state index contributed by atoms with van der Waals surface area (Å²) in [5.74, 6) is 0. The van der Waals surface area contributed by atoms with Crippen molar-refractivity contribution in [3.05, 3.63) is 57.8 Å². The zero-order valence-corrected chi connectivity index (χ0v) is 15.2. The van der Waals surface area contributed by atoms with E-state index in [1.54, 1.807) is 11.3 Å². The Kier molecular flexibility index (Phi) is 4.61. The van der Waals surface area contributed by atoms with Crippen LogP contribution in [-0.4, -0.2) is 44.6 Å². The number of rotatable bonds is 4. The van der Waals surface area contributed by atoms with Crippen LogP contribution in [0.2, 0.25) is 0 Å². The number of benzene rings is 1. The summed E-state index contributed by atoms with van der Waals surface area (Å²) in [5.41, 5.74) is 4.27. The van der Waals surface area contributed by atoms with Gasteiger partial charge in [-0.15, -0.1) is 16.4 Å². The van der Waals surface area contributed by atoms with E-state index in [2.05, 4.69) is 44.6 Å². The number of aromatic nitrogens is 4. The third-order valence-corrected chi connectivity index (χ3v) is 5.49. The molecule has 1 saturated heterocycles. The first-order valence-corrected chi connectivity index (χ1v) is 9.30. The van der Waals surface area contributed by atoms with Gasteiger partial charge < -0.3 is 4.74 Å². The van der Waals surface area contributed by atoms with Crippen molar-refractivity contribution in [1.82, 2.24) is 24.9 Å². The molecule has 0 bridgehead atoms. The van der Waals surface area contributed by atoms with Crippen molar-refractivity contribution in [2.24, 2.45) is 0 Å². The Hall–Kier alpha value is -2.09. The van der Waals surface area contributed by atoms with Crippen LogP contribution in [0, 0.1) is 13.8 Å². The standard InChI is InChI=1S/C18H21N5OS/c1-13-5-3-4-6-16(13)23-10-15(20-21-23)9-22-7-8-24-11-17(22)18-19-14(2)12-25-18/h3-6,10,12,17H,7-9,11H2,1-2H3. The molecule has 25 heavy (non-hydrogen) atoms. The van der Waals surface area contributed by atoms with Gasteiger partial charge >= 0.3 is 0 Å². The fourth-order valence-corrected chi connectivity index (χ4v) is 4.01. The second-order valence-electron chi connectivity index (χ2n) is 6.33. The molecule has 1 atom stereocenters. The van der Waals surface area contributed by atoms with Crippen molar-refractivity contribution in [1.29, 1.82) is 0 Å². The summed E-state index contributed by atoms with van der Waals surface area (Å²) in [7, 11) is 0. The molecule has 130 valence electrons. The smallest absolute Gasteiger partial charge is 0.112 e. The van der Waals surface area contributed by atoms with Gasteiger partial charge in [0.2, 0.25) is 0 Å². The molecule has 1 aliphatic heterocycles. The van der Waals surface area contributed by atoms with Crippen LogP contribution in [-0.2, 0) is 11.3 Å². The lowest BCUT2D eigenvalue weighted by molar-refractivity contribution is -0.0133. The fourth-order valence-electron chi connectivity index (χ4n) is 3.10. The molecule has 0 saturated carbocycles. The number of para-hydroxylation sites is 1. The summed E-state index contributed by atoms with van der Waals surface area (Å²) in [6.45, 7) is 7.16. The lowest BCUT2D eigenvalue weighted by Gasteiger charge is -2.33. The zero-order chi connectivity index (χ0) is 17.2. The van der Waals surface area contributed by atoms with E-state index in [0.29, 0.717) is 6.61 Å². The van der Waals surface area contributed by atoms with Crippen LogP contribution in [0.4, 0.5) is 0 Å². The van der Waals surface area contributed by atoms with Gasteiger partial charge in [-0.05, 0) is 25.5 Å². The van der Waals surface area contributed by atoms with Crippen LogP contribution in [0.25, 0.3) is 5.69 Å². The van der Waals surface area contributed by atoms with Gasteiger partial charge in [0.1, 0.15) is 5.01 Å². The number of thiazole rings is 1. The third-order valence-electron chi connectivity index (χ3n) is 4.43. The number of hydrogen-bond acceptors (Lipinski definition) is 6. The van der Waals surface area contributed by atoms with Crippen LogP contribution >= 0.6 is 11.3 Å². The molecule has 0 aliphatic carbocycles. The Bertz CT molecular complexity index is 859. The van der Waals surface area contributed by atoms with Crippen LogP contribution in [0.15, 0.2) is 35.8 Å². The minimum absolute atomic E-state index is 0.191. The molecule has 4 rings (SSSR count). The third kappa shape index (κ3) is 3.49. The highest BCUT2D eigenvalue weighted by Crippen LogP contribution is 2.28. The van der Waals surface area contributed by atoms with Gasteiger partial charge in [0, 0.05) is 24.2 Å². The average molecular weight is 355 g/mol. The van der Waals surface area contributed by atoms with Gasteiger partial charge in [0.25, 0.3) is 0 Å². The number of ether oxygens (including phenoxy) is 1. The topological polar surface area (TPSA) is 56.1 Å². The van der Waals surface area contributed by atoms with E-state index in [0.717, 1.165) is 41.8 Å². The van der Waals surface area contributed by atoms with Crippen LogP contribution in [0.5, 0.6) is 0 Å². The maximum Gasteiger partial charge on any atom is 0.112 e. The van der Waals surface area contributed by atoms with Crippen LogP contribution in [0.1, 0.15) is 28.0 Å². The molecule has 1 unspecified atom stereocenters. The molecule has 0 N–H and O–H groups in total. The zero-order valence-electron chi connectivity index (χ0n) is 14.4. The summed E-state index contributed by atoms with van der Waals surface area (Å²) in [6, 6.07) is 8.39. The molecule has 1 fully saturated rings. The molecule has 1 aliphatic rings. The van der Waals surface area contributed by atoms with Gasteiger partial charge in [-0.3, -0.25) is 4.90 Å². The van der Waals surface area contributed by atoms with E-state index < -0.39 is 0 Å². The number of hydrogen-bond donors (Lipinski definition) is 0. The molecule has 3 heterocycles. The van der Waals surface area contributed by atoms with E-state index >= 15 is 0 Å². The molecule has 6 nitrogen and oxygen atoms in total. The summed E-state index contributed by atoms with van der Waals surface area (Å²) < 4.78 is 7.54. The Balaban J connectivity index is 1.54. The minimum Gasteiger partial charge on any atom is -0.378 e. The van der Waals surface area contributed by atoms with Crippen LogP contribution < -0.4 is 0 Å². The molecule has 0 spiro atoms. The highest BCUT2D eigenvalue weighted by molar-refractivity contribution is 7.09. The highest BCUT2D eigenvalue weighted by Gasteiger charge is 2.27. The van der Waals surface area contributed by atoms with E-state index in [-0.39, 0.29) is 6.04 Å². The molecule has 0 amide bonds. The molecular formula is C18H21N5OS. The van der Waals surface area contributed by atoms with Gasteiger partial charge in [0.05, 0.1) is 36.8 Å². The van der Waals surface area contributed by atoms with Crippen molar-refractivity contribution in [2.75, 3.05) is 19.8 Å². The fraction of sp³-hybridized carbons (Fsp3) is 0.389. The lowest BCUT2D eigenvalue weighted by Crippen LogP contribution is -2.39. The van der Waals surface area contributed by atoms with Gasteiger partial charge in [-0.2, -0.15) is 0 Å². The summed E-state index contributed by atoms with van der Waals surface area (Å²) in [4.78, 5) is 7.03. The second kappa shape index (κ2) is 7.03. The Morgan fingerprint density at radius 2 is 2.16 bits per heavy atom. The number of morpholine rings is 1.